The number of rotatable bonds is 6. The van der Waals surface area contributed by atoms with Crippen LogP contribution in [0.5, 0.6) is 0 Å². The van der Waals surface area contributed by atoms with E-state index in [-0.39, 0.29) is 5.97 Å². The summed E-state index contributed by atoms with van der Waals surface area (Å²) < 4.78 is 4.54. The maximum absolute atomic E-state index is 10.7. The van der Waals surface area contributed by atoms with E-state index in [1.807, 2.05) is 7.05 Å². The minimum Gasteiger partial charge on any atom is -0.469 e. The number of unbranched alkanes of at least 4 members (excludes halogenated alkanes) is 1. The predicted molar refractivity (Wildman–Crippen MR) is 49.0 cm³/mol. The van der Waals surface area contributed by atoms with E-state index in [4.69, 9.17) is 0 Å². The van der Waals surface area contributed by atoms with Crippen molar-refractivity contribution in [1.82, 2.24) is 4.90 Å². The van der Waals surface area contributed by atoms with Crippen molar-refractivity contribution in [2.75, 3.05) is 27.2 Å². The first-order chi connectivity index (χ1) is 5.70. The molecule has 0 fully saturated rings. The third-order valence-electron chi connectivity index (χ3n) is 1.82. The first-order valence-electron chi connectivity index (χ1n) is 4.46. The highest BCUT2D eigenvalue weighted by molar-refractivity contribution is 5.69. The molecule has 0 atom stereocenters. The normalized spacial score (nSPS) is 10.3. The van der Waals surface area contributed by atoms with Gasteiger partial charge >= 0.3 is 5.97 Å². The topological polar surface area (TPSA) is 29.5 Å². The van der Waals surface area contributed by atoms with Crippen LogP contribution in [-0.4, -0.2) is 38.1 Å². The standard InChI is InChI=1S/C9H19NO2/c1-4-5-7-10(2)8-6-9(11)12-3/h4-8H2,1-3H3. The number of carbonyl (C=O) groups excluding carboxylic acids is 1. The second-order valence-electron chi connectivity index (χ2n) is 2.98. The predicted octanol–water partition coefficient (Wildman–Crippen LogP) is 1.28. The Balaban J connectivity index is 3.30. The molecular weight excluding hydrogens is 154 g/mol. The zero-order chi connectivity index (χ0) is 9.40. The van der Waals surface area contributed by atoms with Crippen molar-refractivity contribution >= 4 is 5.97 Å². The summed E-state index contributed by atoms with van der Waals surface area (Å²) in [5, 5.41) is 0. The fourth-order valence-corrected chi connectivity index (χ4v) is 0.924. The van der Waals surface area contributed by atoms with Crippen LogP contribution in [0.4, 0.5) is 0 Å². The van der Waals surface area contributed by atoms with E-state index in [0.717, 1.165) is 13.1 Å². The van der Waals surface area contributed by atoms with Crippen LogP contribution in [0.3, 0.4) is 0 Å². The first-order valence-corrected chi connectivity index (χ1v) is 4.46. The molecule has 0 spiro atoms. The fourth-order valence-electron chi connectivity index (χ4n) is 0.924. The Kier molecular flexibility index (Phi) is 6.76. The lowest BCUT2D eigenvalue weighted by Crippen LogP contribution is -2.23. The molecule has 72 valence electrons. The largest absolute Gasteiger partial charge is 0.469 e. The summed E-state index contributed by atoms with van der Waals surface area (Å²) in [6, 6.07) is 0. The van der Waals surface area contributed by atoms with E-state index in [1.54, 1.807) is 0 Å². The van der Waals surface area contributed by atoms with Gasteiger partial charge < -0.3 is 9.64 Å². The Labute approximate surface area is 74.7 Å². The highest BCUT2D eigenvalue weighted by Crippen LogP contribution is 1.94. The van der Waals surface area contributed by atoms with E-state index in [0.29, 0.717) is 6.42 Å². The van der Waals surface area contributed by atoms with Crippen LogP contribution in [0.15, 0.2) is 0 Å². The molecule has 0 amide bonds. The molecule has 0 aliphatic rings. The Morgan fingerprint density at radius 2 is 2.08 bits per heavy atom. The van der Waals surface area contributed by atoms with Crippen molar-refractivity contribution in [2.45, 2.75) is 26.2 Å². The number of carbonyl (C=O) groups is 1. The summed E-state index contributed by atoms with van der Waals surface area (Å²) in [6.07, 6.45) is 2.89. The number of ether oxygens (including phenoxy) is 1. The highest BCUT2D eigenvalue weighted by atomic mass is 16.5. The summed E-state index contributed by atoms with van der Waals surface area (Å²) in [4.78, 5) is 12.9. The molecule has 0 N–H and O–H groups in total. The van der Waals surface area contributed by atoms with Crippen LogP contribution in [0, 0.1) is 0 Å². The number of methoxy groups -OCH3 is 1. The number of hydrogen-bond acceptors (Lipinski definition) is 3. The molecule has 0 heterocycles. The molecule has 0 aromatic rings. The number of esters is 1. The first kappa shape index (κ1) is 11.4. The van der Waals surface area contributed by atoms with Crippen LogP contribution in [-0.2, 0) is 9.53 Å². The Bertz CT molecular complexity index is 126. The van der Waals surface area contributed by atoms with Crippen molar-refractivity contribution in [2.24, 2.45) is 0 Å². The molecule has 0 saturated heterocycles. The van der Waals surface area contributed by atoms with Gasteiger partial charge in [-0.15, -0.1) is 0 Å². The minimum atomic E-state index is -0.127. The monoisotopic (exact) mass is 173 g/mol. The van der Waals surface area contributed by atoms with Gasteiger partial charge in [-0.3, -0.25) is 4.79 Å². The lowest BCUT2D eigenvalue weighted by molar-refractivity contribution is -0.140. The van der Waals surface area contributed by atoms with Gasteiger partial charge in [0.15, 0.2) is 0 Å². The maximum Gasteiger partial charge on any atom is 0.306 e. The van der Waals surface area contributed by atoms with Gasteiger partial charge in [0.05, 0.1) is 13.5 Å². The van der Waals surface area contributed by atoms with Crippen LogP contribution in [0.2, 0.25) is 0 Å². The summed E-state index contributed by atoms with van der Waals surface area (Å²) in [6.45, 7) is 4.02. The van der Waals surface area contributed by atoms with E-state index in [2.05, 4.69) is 16.6 Å². The molecule has 3 nitrogen and oxygen atoms in total. The van der Waals surface area contributed by atoms with E-state index in [9.17, 15) is 4.79 Å². The van der Waals surface area contributed by atoms with Crippen LogP contribution < -0.4 is 0 Å². The van der Waals surface area contributed by atoms with Crippen molar-refractivity contribution in [3.63, 3.8) is 0 Å². The maximum atomic E-state index is 10.7. The second-order valence-corrected chi connectivity index (χ2v) is 2.98. The lowest BCUT2D eigenvalue weighted by atomic mass is 10.3. The van der Waals surface area contributed by atoms with Crippen molar-refractivity contribution in [1.29, 1.82) is 0 Å². The van der Waals surface area contributed by atoms with Crippen molar-refractivity contribution < 1.29 is 9.53 Å². The summed E-state index contributed by atoms with van der Waals surface area (Å²) in [7, 11) is 3.45. The Hall–Kier alpha value is -0.570. The average molecular weight is 173 g/mol. The zero-order valence-electron chi connectivity index (χ0n) is 8.30. The molecule has 0 aromatic heterocycles. The van der Waals surface area contributed by atoms with E-state index < -0.39 is 0 Å². The van der Waals surface area contributed by atoms with Crippen LogP contribution >= 0.6 is 0 Å². The smallest absolute Gasteiger partial charge is 0.306 e. The molecule has 0 aromatic carbocycles. The average Bonchev–Trinajstić information content (AvgIpc) is 2.10. The molecule has 0 saturated carbocycles. The van der Waals surface area contributed by atoms with Gasteiger partial charge in [-0.1, -0.05) is 13.3 Å². The quantitative estimate of drug-likeness (QED) is 0.567. The fraction of sp³-hybridized carbons (Fsp3) is 0.889. The van der Waals surface area contributed by atoms with Gasteiger partial charge in [0.25, 0.3) is 0 Å². The lowest BCUT2D eigenvalue weighted by Gasteiger charge is -2.14. The Morgan fingerprint density at radius 3 is 2.58 bits per heavy atom. The van der Waals surface area contributed by atoms with E-state index in [1.165, 1.54) is 20.0 Å². The van der Waals surface area contributed by atoms with Gasteiger partial charge in [0.1, 0.15) is 0 Å². The van der Waals surface area contributed by atoms with Gasteiger partial charge in [0, 0.05) is 6.54 Å². The number of hydrogen-bond donors (Lipinski definition) is 0. The number of nitrogens with zero attached hydrogens (tertiary/aromatic N) is 1. The van der Waals surface area contributed by atoms with Crippen LogP contribution in [0.1, 0.15) is 26.2 Å². The van der Waals surface area contributed by atoms with Crippen molar-refractivity contribution in [3.8, 4) is 0 Å². The molecule has 0 unspecified atom stereocenters. The van der Waals surface area contributed by atoms with Crippen LogP contribution in [0.25, 0.3) is 0 Å². The summed E-state index contributed by atoms with van der Waals surface area (Å²) in [5.74, 6) is -0.127. The van der Waals surface area contributed by atoms with Gasteiger partial charge in [-0.25, -0.2) is 0 Å². The third-order valence-corrected chi connectivity index (χ3v) is 1.82. The Morgan fingerprint density at radius 1 is 1.42 bits per heavy atom. The van der Waals surface area contributed by atoms with Gasteiger partial charge in [-0.2, -0.15) is 0 Å². The van der Waals surface area contributed by atoms with Crippen molar-refractivity contribution in [3.05, 3.63) is 0 Å². The zero-order valence-corrected chi connectivity index (χ0v) is 8.30. The molecule has 0 radical (unpaired) electrons. The molecule has 12 heavy (non-hydrogen) atoms. The summed E-state index contributed by atoms with van der Waals surface area (Å²) in [5.41, 5.74) is 0. The SMILES string of the molecule is CCCCN(C)CCC(=O)OC. The molecule has 3 heteroatoms. The van der Waals surface area contributed by atoms with Gasteiger partial charge in [-0.05, 0) is 20.0 Å². The summed E-state index contributed by atoms with van der Waals surface area (Å²) >= 11 is 0. The molecule has 0 aliphatic heterocycles. The molecule has 0 aliphatic carbocycles. The van der Waals surface area contributed by atoms with E-state index >= 15 is 0 Å². The second kappa shape index (κ2) is 7.10. The third kappa shape index (κ3) is 6.16. The molecular formula is C9H19NO2. The minimum absolute atomic E-state index is 0.127. The highest BCUT2D eigenvalue weighted by Gasteiger charge is 2.02. The molecule has 0 bridgehead atoms. The van der Waals surface area contributed by atoms with Gasteiger partial charge in [0.2, 0.25) is 0 Å². The molecule has 0 rings (SSSR count).